The summed E-state index contributed by atoms with van der Waals surface area (Å²) < 4.78 is 25.5. The Labute approximate surface area is 108 Å². The third-order valence-corrected chi connectivity index (χ3v) is 4.39. The molecule has 0 aromatic heterocycles. The zero-order valence-electron chi connectivity index (χ0n) is 10.2. The van der Waals surface area contributed by atoms with Gasteiger partial charge in [0.1, 0.15) is 5.82 Å². The first-order valence-corrected chi connectivity index (χ1v) is 6.99. The minimum Gasteiger partial charge on any atom is -0.366 e. The van der Waals surface area contributed by atoms with E-state index in [0.29, 0.717) is 18.5 Å². The molecule has 0 spiro atoms. The van der Waals surface area contributed by atoms with Gasteiger partial charge in [-0.2, -0.15) is 0 Å². The summed E-state index contributed by atoms with van der Waals surface area (Å²) in [5, 5.41) is -0.0785. The lowest BCUT2D eigenvalue weighted by Crippen LogP contribution is -2.18. The van der Waals surface area contributed by atoms with E-state index in [1.165, 1.54) is 12.1 Å². The number of halogens is 1. The van der Waals surface area contributed by atoms with Gasteiger partial charge in [0.25, 0.3) is 0 Å². The van der Waals surface area contributed by atoms with Crippen LogP contribution in [0.5, 0.6) is 0 Å². The van der Waals surface area contributed by atoms with E-state index in [-0.39, 0.29) is 16.6 Å². The van der Waals surface area contributed by atoms with Crippen LogP contribution >= 0.6 is 0 Å². The van der Waals surface area contributed by atoms with Gasteiger partial charge in [0.2, 0.25) is 5.91 Å². The van der Waals surface area contributed by atoms with Gasteiger partial charge in [-0.25, -0.2) is 4.39 Å². The minimum atomic E-state index is -1.18. The molecule has 1 aromatic rings. The fourth-order valence-corrected chi connectivity index (χ4v) is 2.70. The Morgan fingerprint density at radius 3 is 2.67 bits per heavy atom. The summed E-state index contributed by atoms with van der Waals surface area (Å²) in [6.45, 7) is 2.27. The Morgan fingerprint density at radius 1 is 1.50 bits per heavy atom. The normalized spacial score (nSPS) is 14.2. The molecule has 18 heavy (non-hydrogen) atoms. The van der Waals surface area contributed by atoms with Gasteiger partial charge in [0.05, 0.1) is 5.75 Å². The van der Waals surface area contributed by atoms with Crippen molar-refractivity contribution in [3.8, 4) is 0 Å². The first-order valence-electron chi connectivity index (χ1n) is 5.61. The van der Waals surface area contributed by atoms with E-state index in [1.54, 1.807) is 0 Å². The third-order valence-electron chi connectivity index (χ3n) is 2.66. The molecule has 100 valence electrons. The summed E-state index contributed by atoms with van der Waals surface area (Å²) in [4.78, 5) is 10.9. The van der Waals surface area contributed by atoms with Crippen LogP contribution in [0.25, 0.3) is 0 Å². The molecule has 0 fully saturated rings. The Morgan fingerprint density at radius 2 is 2.17 bits per heavy atom. The number of hydrogen-bond donors (Lipinski definition) is 2. The molecule has 0 bridgehead atoms. The number of primary amides is 1. The van der Waals surface area contributed by atoms with E-state index in [1.807, 2.05) is 6.92 Å². The van der Waals surface area contributed by atoms with Crippen molar-refractivity contribution in [3.63, 3.8) is 0 Å². The van der Waals surface area contributed by atoms with Crippen LogP contribution in [0.4, 0.5) is 4.39 Å². The zero-order valence-corrected chi connectivity index (χ0v) is 11.0. The van der Waals surface area contributed by atoms with Gasteiger partial charge in [-0.05, 0) is 25.1 Å². The number of carbonyl (C=O) groups excluding carboxylic acids is 1. The Bertz CT molecular complexity index is 465. The summed E-state index contributed by atoms with van der Waals surface area (Å²) in [7, 11) is -1.18. The second-order valence-electron chi connectivity index (χ2n) is 4.08. The largest absolute Gasteiger partial charge is 0.366 e. The van der Waals surface area contributed by atoms with Crippen molar-refractivity contribution in [1.29, 1.82) is 0 Å². The summed E-state index contributed by atoms with van der Waals surface area (Å²) >= 11 is 0. The van der Waals surface area contributed by atoms with E-state index in [4.69, 9.17) is 11.5 Å². The van der Waals surface area contributed by atoms with Crippen molar-refractivity contribution < 1.29 is 13.4 Å². The Hall–Kier alpha value is -1.27. The number of amides is 1. The van der Waals surface area contributed by atoms with Crippen molar-refractivity contribution in [1.82, 2.24) is 0 Å². The van der Waals surface area contributed by atoms with E-state index in [0.717, 1.165) is 6.07 Å². The van der Waals surface area contributed by atoms with Crippen LogP contribution in [0, 0.1) is 5.82 Å². The van der Waals surface area contributed by atoms with Gasteiger partial charge < -0.3 is 11.5 Å². The predicted octanol–water partition coefficient (Wildman–Crippen LogP) is 0.911. The molecule has 2 atom stereocenters. The Kier molecular flexibility index (Phi) is 5.43. The SMILES string of the molecule is CC(CCN)S(=O)Cc1ccc(C(N)=O)cc1F. The lowest BCUT2D eigenvalue weighted by Gasteiger charge is -2.10. The van der Waals surface area contributed by atoms with Crippen LogP contribution < -0.4 is 11.5 Å². The molecule has 0 aliphatic carbocycles. The molecular formula is C12H17FN2O2S. The van der Waals surface area contributed by atoms with Crippen LogP contribution in [-0.2, 0) is 16.6 Å². The second-order valence-corrected chi connectivity index (χ2v) is 5.94. The number of carbonyl (C=O) groups is 1. The smallest absolute Gasteiger partial charge is 0.248 e. The van der Waals surface area contributed by atoms with Gasteiger partial charge in [-0.1, -0.05) is 13.0 Å². The molecule has 1 rings (SSSR count). The van der Waals surface area contributed by atoms with Crippen molar-refractivity contribution in [2.24, 2.45) is 11.5 Å². The van der Waals surface area contributed by atoms with Crippen LogP contribution in [0.3, 0.4) is 0 Å². The van der Waals surface area contributed by atoms with E-state index < -0.39 is 22.5 Å². The Balaban J connectivity index is 2.79. The molecule has 0 saturated heterocycles. The third kappa shape index (κ3) is 3.89. The summed E-state index contributed by atoms with van der Waals surface area (Å²) in [6, 6.07) is 3.95. The molecule has 6 heteroatoms. The van der Waals surface area contributed by atoms with Gasteiger partial charge in [0.15, 0.2) is 0 Å². The predicted molar refractivity (Wildman–Crippen MR) is 69.9 cm³/mol. The molecule has 0 aliphatic rings. The highest BCUT2D eigenvalue weighted by atomic mass is 32.2. The molecule has 1 aromatic carbocycles. The number of hydrogen-bond acceptors (Lipinski definition) is 3. The quantitative estimate of drug-likeness (QED) is 0.807. The number of nitrogens with two attached hydrogens (primary N) is 2. The second kappa shape index (κ2) is 6.61. The highest BCUT2D eigenvalue weighted by molar-refractivity contribution is 7.84. The minimum absolute atomic E-state index is 0.0785. The van der Waals surface area contributed by atoms with Crippen molar-refractivity contribution >= 4 is 16.7 Å². The lowest BCUT2D eigenvalue weighted by atomic mass is 10.1. The number of rotatable bonds is 6. The molecule has 0 radical (unpaired) electrons. The van der Waals surface area contributed by atoms with Crippen molar-refractivity contribution in [3.05, 3.63) is 35.1 Å². The highest BCUT2D eigenvalue weighted by Gasteiger charge is 2.14. The van der Waals surface area contributed by atoms with Crippen molar-refractivity contribution in [2.45, 2.75) is 24.3 Å². The molecule has 0 saturated carbocycles. The highest BCUT2D eigenvalue weighted by Crippen LogP contribution is 2.15. The van der Waals surface area contributed by atoms with Crippen LogP contribution in [-0.4, -0.2) is 21.9 Å². The fraction of sp³-hybridized carbons (Fsp3) is 0.417. The van der Waals surface area contributed by atoms with Crippen LogP contribution in [0.1, 0.15) is 29.3 Å². The topological polar surface area (TPSA) is 86.2 Å². The fourth-order valence-electron chi connectivity index (χ4n) is 1.48. The van der Waals surface area contributed by atoms with Crippen LogP contribution in [0.15, 0.2) is 18.2 Å². The maximum absolute atomic E-state index is 13.7. The van der Waals surface area contributed by atoms with E-state index >= 15 is 0 Å². The van der Waals surface area contributed by atoms with Gasteiger partial charge in [-0.3, -0.25) is 9.00 Å². The van der Waals surface area contributed by atoms with Crippen LogP contribution in [0.2, 0.25) is 0 Å². The molecule has 1 amide bonds. The first kappa shape index (κ1) is 14.8. The average Bonchev–Trinajstić information content (AvgIpc) is 2.31. The monoisotopic (exact) mass is 272 g/mol. The number of benzene rings is 1. The van der Waals surface area contributed by atoms with Crippen molar-refractivity contribution in [2.75, 3.05) is 6.54 Å². The maximum atomic E-state index is 13.7. The molecule has 2 unspecified atom stereocenters. The summed E-state index contributed by atoms with van der Waals surface area (Å²) in [6.07, 6.45) is 0.633. The summed E-state index contributed by atoms with van der Waals surface area (Å²) in [5.74, 6) is -1.12. The molecule has 4 nitrogen and oxygen atoms in total. The van der Waals surface area contributed by atoms with Gasteiger partial charge in [0, 0.05) is 27.2 Å². The maximum Gasteiger partial charge on any atom is 0.248 e. The van der Waals surface area contributed by atoms with E-state index in [9.17, 15) is 13.4 Å². The van der Waals surface area contributed by atoms with Gasteiger partial charge in [-0.15, -0.1) is 0 Å². The first-order chi connectivity index (χ1) is 8.45. The molecule has 0 heterocycles. The average molecular weight is 272 g/mol. The van der Waals surface area contributed by atoms with Gasteiger partial charge >= 0.3 is 0 Å². The van der Waals surface area contributed by atoms with E-state index in [2.05, 4.69) is 0 Å². The standard InChI is InChI=1S/C12H17FN2O2S/c1-8(4-5-14)18(17)7-10-3-2-9(12(15)16)6-11(10)13/h2-3,6,8H,4-5,7,14H2,1H3,(H2,15,16). The molecule has 0 aliphatic heterocycles. The summed E-state index contributed by atoms with van der Waals surface area (Å²) in [5.41, 5.74) is 10.9. The lowest BCUT2D eigenvalue weighted by molar-refractivity contribution is 0.1000. The zero-order chi connectivity index (χ0) is 13.7. The molecular weight excluding hydrogens is 255 g/mol. The molecule has 4 N–H and O–H groups in total.